The highest BCUT2D eigenvalue weighted by atomic mass is 32.1. The van der Waals surface area contributed by atoms with Crippen LogP contribution in [0.2, 0.25) is 0 Å². The molecule has 2 aromatic rings. The molecule has 0 unspecified atom stereocenters. The maximum absolute atomic E-state index is 10.7. The zero-order valence-corrected chi connectivity index (χ0v) is 8.17. The van der Waals surface area contributed by atoms with E-state index in [9.17, 15) is 10.1 Å². The van der Waals surface area contributed by atoms with Crippen LogP contribution in [0.15, 0.2) is 17.6 Å². The molecule has 6 heteroatoms. The summed E-state index contributed by atoms with van der Waals surface area (Å²) in [4.78, 5) is 14.2. The van der Waals surface area contributed by atoms with Gasteiger partial charge in [0.15, 0.2) is 0 Å². The minimum Gasteiger partial charge on any atom is -0.381 e. The third-order valence-electron chi connectivity index (χ3n) is 1.90. The lowest BCUT2D eigenvalue weighted by Crippen LogP contribution is -1.97. The minimum absolute atomic E-state index is 0.0162. The Morgan fingerprint density at radius 3 is 3.07 bits per heavy atom. The molecule has 0 aliphatic carbocycles. The summed E-state index contributed by atoms with van der Waals surface area (Å²) in [6.07, 6.45) is 1.28. The number of nitrogens with one attached hydrogen (secondary N) is 1. The van der Waals surface area contributed by atoms with Crippen LogP contribution in [0.4, 0.5) is 11.4 Å². The van der Waals surface area contributed by atoms with Gasteiger partial charge in [-0.05, 0) is 11.4 Å². The normalized spacial score (nSPS) is 10.4. The van der Waals surface area contributed by atoms with Crippen molar-refractivity contribution in [3.8, 4) is 0 Å². The maximum atomic E-state index is 10.7. The standard InChI is InChI=1S/C8H7N3O2S/c1-9-7-6(11(12)13)4-10-5-2-3-14-8(5)7/h2-4H,1H3,(H,9,10). The van der Waals surface area contributed by atoms with Crippen LogP contribution in [0.3, 0.4) is 0 Å². The molecule has 0 amide bonds. The molecule has 0 aliphatic heterocycles. The number of pyridine rings is 1. The van der Waals surface area contributed by atoms with Gasteiger partial charge in [-0.2, -0.15) is 0 Å². The highest BCUT2D eigenvalue weighted by molar-refractivity contribution is 7.17. The Kier molecular flexibility index (Phi) is 2.05. The third-order valence-corrected chi connectivity index (χ3v) is 2.82. The van der Waals surface area contributed by atoms with Crippen molar-refractivity contribution in [2.75, 3.05) is 12.4 Å². The molecule has 2 aromatic heterocycles. The largest absolute Gasteiger partial charge is 0.381 e. The van der Waals surface area contributed by atoms with E-state index in [1.54, 1.807) is 7.05 Å². The SMILES string of the molecule is CNc1c([N+](=O)[O-])cnc2ccsc12. The van der Waals surface area contributed by atoms with E-state index >= 15 is 0 Å². The smallest absolute Gasteiger partial charge is 0.311 e. The Morgan fingerprint density at radius 2 is 2.43 bits per heavy atom. The number of aromatic nitrogens is 1. The quantitative estimate of drug-likeness (QED) is 0.608. The van der Waals surface area contributed by atoms with Gasteiger partial charge in [0.05, 0.1) is 15.1 Å². The second-order valence-electron chi connectivity index (χ2n) is 2.66. The molecular weight excluding hydrogens is 202 g/mol. The molecule has 0 saturated heterocycles. The van der Waals surface area contributed by atoms with E-state index in [1.807, 2.05) is 11.4 Å². The van der Waals surface area contributed by atoms with Crippen molar-refractivity contribution in [3.63, 3.8) is 0 Å². The van der Waals surface area contributed by atoms with E-state index in [2.05, 4.69) is 10.3 Å². The molecule has 0 aliphatic rings. The Labute approximate surface area is 83.5 Å². The number of hydrogen-bond donors (Lipinski definition) is 1. The Balaban J connectivity index is 2.78. The molecule has 0 saturated carbocycles. The Morgan fingerprint density at radius 1 is 1.64 bits per heavy atom. The molecule has 0 aromatic carbocycles. The van der Waals surface area contributed by atoms with Gasteiger partial charge in [0.1, 0.15) is 11.9 Å². The summed E-state index contributed by atoms with van der Waals surface area (Å²) in [6.45, 7) is 0. The first kappa shape index (κ1) is 8.89. The highest BCUT2D eigenvalue weighted by Crippen LogP contribution is 2.34. The van der Waals surface area contributed by atoms with Crippen molar-refractivity contribution in [1.29, 1.82) is 0 Å². The summed E-state index contributed by atoms with van der Waals surface area (Å²) < 4.78 is 0.821. The number of thiophene rings is 1. The Hall–Kier alpha value is -1.69. The van der Waals surface area contributed by atoms with Gasteiger partial charge in [0.2, 0.25) is 0 Å². The molecule has 0 atom stereocenters. The van der Waals surface area contributed by atoms with E-state index in [-0.39, 0.29) is 5.69 Å². The average Bonchev–Trinajstić information content (AvgIpc) is 2.63. The second kappa shape index (κ2) is 3.22. The van der Waals surface area contributed by atoms with Crippen molar-refractivity contribution < 1.29 is 4.92 Å². The fraction of sp³-hybridized carbons (Fsp3) is 0.125. The molecule has 0 spiro atoms. The van der Waals surface area contributed by atoms with E-state index in [4.69, 9.17) is 0 Å². The molecule has 2 heterocycles. The number of anilines is 1. The van der Waals surface area contributed by atoms with Gasteiger partial charge in [-0.15, -0.1) is 11.3 Å². The monoisotopic (exact) mass is 209 g/mol. The highest BCUT2D eigenvalue weighted by Gasteiger charge is 2.17. The van der Waals surface area contributed by atoms with Crippen LogP contribution in [0.25, 0.3) is 10.2 Å². The molecule has 0 fully saturated rings. The minimum atomic E-state index is -0.433. The van der Waals surface area contributed by atoms with Crippen LogP contribution in [-0.2, 0) is 0 Å². The fourth-order valence-corrected chi connectivity index (χ4v) is 2.18. The predicted molar refractivity (Wildman–Crippen MR) is 55.8 cm³/mol. The van der Waals surface area contributed by atoms with Crippen molar-refractivity contribution in [1.82, 2.24) is 4.98 Å². The van der Waals surface area contributed by atoms with Gasteiger partial charge in [-0.25, -0.2) is 4.98 Å². The second-order valence-corrected chi connectivity index (χ2v) is 3.58. The maximum Gasteiger partial charge on any atom is 0.311 e. The van der Waals surface area contributed by atoms with Gasteiger partial charge < -0.3 is 5.32 Å². The van der Waals surface area contributed by atoms with Gasteiger partial charge in [0, 0.05) is 7.05 Å². The van der Waals surface area contributed by atoms with Gasteiger partial charge in [0.25, 0.3) is 0 Å². The molecule has 0 radical (unpaired) electrons. The van der Waals surface area contributed by atoms with Crippen LogP contribution in [0.5, 0.6) is 0 Å². The van der Waals surface area contributed by atoms with E-state index < -0.39 is 4.92 Å². The molecule has 5 nitrogen and oxygen atoms in total. The molecular formula is C8H7N3O2S. The van der Waals surface area contributed by atoms with Crippen molar-refractivity contribution in [2.24, 2.45) is 0 Å². The van der Waals surface area contributed by atoms with Gasteiger partial charge in [-0.1, -0.05) is 0 Å². The van der Waals surface area contributed by atoms with Crippen LogP contribution in [0.1, 0.15) is 0 Å². The van der Waals surface area contributed by atoms with E-state index in [0.717, 1.165) is 10.2 Å². The predicted octanol–water partition coefficient (Wildman–Crippen LogP) is 2.25. The number of nitro groups is 1. The third kappa shape index (κ3) is 1.20. The lowest BCUT2D eigenvalue weighted by atomic mass is 10.3. The molecule has 72 valence electrons. The summed E-state index contributed by atoms with van der Waals surface area (Å²) in [7, 11) is 1.67. The topological polar surface area (TPSA) is 68.1 Å². The average molecular weight is 209 g/mol. The van der Waals surface area contributed by atoms with E-state index in [1.165, 1.54) is 17.5 Å². The number of hydrogen-bond acceptors (Lipinski definition) is 5. The number of rotatable bonds is 2. The summed E-state index contributed by atoms with van der Waals surface area (Å²) in [5.41, 5.74) is 1.34. The zero-order chi connectivity index (χ0) is 10.1. The molecule has 14 heavy (non-hydrogen) atoms. The van der Waals surface area contributed by atoms with Crippen LogP contribution < -0.4 is 5.32 Å². The van der Waals surface area contributed by atoms with Crippen LogP contribution >= 0.6 is 11.3 Å². The first-order valence-corrected chi connectivity index (χ1v) is 4.80. The van der Waals surface area contributed by atoms with Crippen molar-refractivity contribution in [3.05, 3.63) is 27.8 Å². The fourth-order valence-electron chi connectivity index (χ4n) is 1.28. The summed E-state index contributed by atoms with van der Waals surface area (Å²) in [5, 5.41) is 15.4. The Bertz CT molecular complexity index is 494. The van der Waals surface area contributed by atoms with Crippen LogP contribution in [-0.4, -0.2) is 17.0 Å². The lowest BCUT2D eigenvalue weighted by molar-refractivity contribution is -0.384. The first-order valence-electron chi connectivity index (χ1n) is 3.92. The zero-order valence-electron chi connectivity index (χ0n) is 7.35. The number of fused-ring (bicyclic) bond motifs is 1. The summed E-state index contributed by atoms with van der Waals surface area (Å²) in [5.74, 6) is 0. The summed E-state index contributed by atoms with van der Waals surface area (Å²) in [6, 6.07) is 1.84. The van der Waals surface area contributed by atoms with Gasteiger partial charge >= 0.3 is 5.69 Å². The number of nitrogens with zero attached hydrogens (tertiary/aromatic N) is 2. The summed E-state index contributed by atoms with van der Waals surface area (Å²) >= 11 is 1.44. The molecule has 0 bridgehead atoms. The molecule has 2 rings (SSSR count). The van der Waals surface area contributed by atoms with E-state index in [0.29, 0.717) is 5.69 Å². The van der Waals surface area contributed by atoms with Crippen molar-refractivity contribution >= 4 is 32.9 Å². The molecule has 1 N–H and O–H groups in total. The van der Waals surface area contributed by atoms with Crippen molar-refractivity contribution in [2.45, 2.75) is 0 Å². The van der Waals surface area contributed by atoms with Gasteiger partial charge in [-0.3, -0.25) is 10.1 Å². The lowest BCUT2D eigenvalue weighted by Gasteiger charge is -2.01. The first-order chi connectivity index (χ1) is 6.74. The van der Waals surface area contributed by atoms with Crippen LogP contribution in [0, 0.1) is 10.1 Å².